The normalized spacial score (nSPS) is 16.1. The van der Waals surface area contributed by atoms with Crippen LogP contribution in [-0.4, -0.2) is 17.1 Å². The number of carbonyl (C=O) groups is 2. The van der Waals surface area contributed by atoms with E-state index >= 15 is 0 Å². The molecule has 2 amide bonds. The third-order valence-corrected chi connectivity index (χ3v) is 10.0. The zero-order chi connectivity index (χ0) is 19.8. The highest BCUT2D eigenvalue weighted by atomic mass is 31.2. The summed E-state index contributed by atoms with van der Waals surface area (Å²) in [6, 6.07) is 30.4. The Balaban J connectivity index is 2.30. The third-order valence-electron chi connectivity index (χ3n) is 5.37. The number of hydrogen-bond donors (Lipinski definition) is 1. The molecule has 140 valence electrons. The first-order chi connectivity index (χ1) is 13.5. The molecule has 28 heavy (non-hydrogen) atoms. The second-order valence-electron chi connectivity index (χ2n) is 7.43. The minimum Gasteiger partial charge on any atom is -0.292 e. The lowest BCUT2D eigenvalue weighted by Crippen LogP contribution is -2.38. The largest absolute Gasteiger partial charge is 0.292 e. The highest BCUT2D eigenvalue weighted by Gasteiger charge is 2.49. The first kappa shape index (κ1) is 18.5. The fourth-order valence-electron chi connectivity index (χ4n) is 4.07. The Morgan fingerprint density at radius 3 is 1.29 bits per heavy atom. The van der Waals surface area contributed by atoms with Crippen molar-refractivity contribution in [1.82, 2.24) is 5.32 Å². The molecule has 3 aromatic carbocycles. The van der Waals surface area contributed by atoms with Gasteiger partial charge in [-0.2, -0.15) is 0 Å². The number of hydrogen-bond acceptors (Lipinski definition) is 2. The van der Waals surface area contributed by atoms with Crippen LogP contribution in [0, 0.1) is 5.41 Å². The molecule has 3 nitrogen and oxygen atoms in total. The lowest BCUT2D eigenvalue weighted by Gasteiger charge is -2.34. The van der Waals surface area contributed by atoms with E-state index in [1.165, 1.54) is 0 Å². The highest BCUT2D eigenvalue weighted by Crippen LogP contribution is 2.51. The fourth-order valence-corrected chi connectivity index (χ4v) is 8.90. The van der Waals surface area contributed by atoms with Crippen LogP contribution in [0.1, 0.15) is 13.8 Å². The molecule has 4 heteroatoms. The predicted octanol–water partition coefficient (Wildman–Crippen LogP) is 2.84. The number of imide groups is 1. The van der Waals surface area contributed by atoms with Gasteiger partial charge in [0.1, 0.15) is 0 Å². The third kappa shape index (κ3) is 2.66. The summed E-state index contributed by atoms with van der Waals surface area (Å²) in [6.45, 7) is 1.17. The van der Waals surface area contributed by atoms with Crippen molar-refractivity contribution in [1.29, 1.82) is 0 Å². The summed E-state index contributed by atoms with van der Waals surface area (Å²) < 4.78 is 0. The van der Waals surface area contributed by atoms with Crippen LogP contribution in [0.5, 0.6) is 0 Å². The Morgan fingerprint density at radius 2 is 1.00 bits per heavy atom. The molecule has 1 fully saturated rings. The van der Waals surface area contributed by atoms with Crippen molar-refractivity contribution in [3.8, 4) is 0 Å². The molecule has 0 bridgehead atoms. The molecule has 0 atom stereocenters. The summed E-state index contributed by atoms with van der Waals surface area (Å²) in [6.07, 6.45) is 0. The maximum absolute atomic E-state index is 13.2. The van der Waals surface area contributed by atoms with Crippen molar-refractivity contribution in [3.63, 3.8) is 0 Å². The van der Waals surface area contributed by atoms with E-state index in [9.17, 15) is 9.59 Å². The molecule has 1 aliphatic heterocycles. The summed E-state index contributed by atoms with van der Waals surface area (Å²) in [5.74, 6) is -0.500. The zero-order valence-corrected chi connectivity index (χ0v) is 16.8. The van der Waals surface area contributed by atoms with Gasteiger partial charge in [0.2, 0.25) is 5.91 Å². The topological polar surface area (TPSA) is 46.2 Å². The Hall–Kier alpha value is -2.90. The van der Waals surface area contributed by atoms with Crippen molar-refractivity contribution < 1.29 is 9.59 Å². The molecule has 0 aromatic heterocycles. The van der Waals surface area contributed by atoms with Gasteiger partial charge in [0.15, 0.2) is 0 Å². The van der Waals surface area contributed by atoms with Crippen LogP contribution in [0.2, 0.25) is 0 Å². The van der Waals surface area contributed by atoms with E-state index < -0.39 is 12.3 Å². The molecule has 0 saturated carbocycles. The lowest BCUT2D eigenvalue weighted by atomic mass is 9.92. The summed E-state index contributed by atoms with van der Waals surface area (Å²) in [7, 11) is 0. The quantitative estimate of drug-likeness (QED) is 0.555. The van der Waals surface area contributed by atoms with Crippen LogP contribution in [-0.2, 0) is 9.59 Å². The first-order valence-electron chi connectivity index (χ1n) is 9.28. The molecule has 1 saturated heterocycles. The summed E-state index contributed by atoms with van der Waals surface area (Å²) >= 11 is 0. The van der Waals surface area contributed by atoms with Gasteiger partial charge in [-0.3, -0.25) is 14.9 Å². The van der Waals surface area contributed by atoms with Crippen molar-refractivity contribution in [2.75, 3.05) is 0 Å². The van der Waals surface area contributed by atoms with Crippen molar-refractivity contribution in [3.05, 3.63) is 91.0 Å². The SMILES string of the molecule is CC1(C)C(=O)NC(=O)C1=P(c1ccccc1)(c1ccccc1)c1ccccc1. The van der Waals surface area contributed by atoms with Gasteiger partial charge in [0, 0.05) is 5.29 Å². The van der Waals surface area contributed by atoms with E-state index in [0.717, 1.165) is 15.9 Å². The Labute approximate surface area is 165 Å². The van der Waals surface area contributed by atoms with Crippen LogP contribution in [0.15, 0.2) is 91.0 Å². The molecular weight excluding hydrogens is 365 g/mol. The van der Waals surface area contributed by atoms with Gasteiger partial charge in [-0.25, -0.2) is 0 Å². The zero-order valence-electron chi connectivity index (χ0n) is 15.9. The molecule has 0 radical (unpaired) electrons. The van der Waals surface area contributed by atoms with Crippen LogP contribution in [0.25, 0.3) is 0 Å². The summed E-state index contributed by atoms with van der Waals surface area (Å²) in [5.41, 5.74) is -0.896. The van der Waals surface area contributed by atoms with Crippen LogP contribution >= 0.6 is 6.89 Å². The van der Waals surface area contributed by atoms with E-state index in [2.05, 4.69) is 41.7 Å². The summed E-state index contributed by atoms with van der Waals surface area (Å²) in [4.78, 5) is 25.9. The van der Waals surface area contributed by atoms with Gasteiger partial charge in [-0.1, -0.05) is 91.0 Å². The van der Waals surface area contributed by atoms with Gasteiger partial charge in [0.05, 0.1) is 5.41 Å². The molecule has 0 aliphatic carbocycles. The van der Waals surface area contributed by atoms with Gasteiger partial charge in [-0.15, -0.1) is 0 Å². The van der Waals surface area contributed by atoms with Crippen LogP contribution in [0.3, 0.4) is 0 Å². The lowest BCUT2D eigenvalue weighted by molar-refractivity contribution is -0.127. The second-order valence-corrected chi connectivity index (χ2v) is 10.8. The smallest absolute Gasteiger partial charge is 0.255 e. The number of nitrogens with one attached hydrogen (secondary N) is 1. The highest BCUT2D eigenvalue weighted by molar-refractivity contribution is 7.96. The van der Waals surface area contributed by atoms with Crippen molar-refractivity contribution in [2.24, 2.45) is 5.41 Å². The molecule has 1 aliphatic rings. The number of carbonyl (C=O) groups excluding carboxylic acids is 2. The monoisotopic (exact) mass is 387 g/mol. The molecule has 3 aromatic rings. The molecule has 0 spiro atoms. The minimum absolute atomic E-state index is 0.236. The van der Waals surface area contributed by atoms with Gasteiger partial charge < -0.3 is 0 Å². The van der Waals surface area contributed by atoms with Gasteiger partial charge >= 0.3 is 0 Å². The number of benzene rings is 3. The van der Waals surface area contributed by atoms with Crippen molar-refractivity contribution in [2.45, 2.75) is 13.8 Å². The fraction of sp³-hybridized carbons (Fsp3) is 0.125. The average molecular weight is 387 g/mol. The van der Waals surface area contributed by atoms with E-state index in [0.29, 0.717) is 5.29 Å². The van der Waals surface area contributed by atoms with Crippen molar-refractivity contribution >= 4 is 39.9 Å². The summed E-state index contributed by atoms with van der Waals surface area (Å²) in [5, 5.41) is 6.45. The minimum atomic E-state index is -2.53. The first-order valence-corrected chi connectivity index (χ1v) is 11.1. The Kier molecular flexibility index (Phi) is 4.56. The predicted molar refractivity (Wildman–Crippen MR) is 117 cm³/mol. The molecule has 4 rings (SSSR count). The maximum atomic E-state index is 13.2. The number of amides is 2. The average Bonchev–Trinajstić information content (AvgIpc) is 2.93. The number of rotatable bonds is 3. The van der Waals surface area contributed by atoms with Gasteiger partial charge in [0.25, 0.3) is 5.91 Å². The molecule has 1 heterocycles. The van der Waals surface area contributed by atoms with E-state index in [4.69, 9.17) is 0 Å². The van der Waals surface area contributed by atoms with Crippen LogP contribution in [0.4, 0.5) is 0 Å². The van der Waals surface area contributed by atoms with E-state index in [1.807, 2.05) is 68.4 Å². The van der Waals surface area contributed by atoms with E-state index in [1.54, 1.807) is 0 Å². The Morgan fingerprint density at radius 1 is 0.643 bits per heavy atom. The van der Waals surface area contributed by atoms with E-state index in [-0.39, 0.29) is 11.8 Å². The maximum Gasteiger partial charge on any atom is 0.255 e. The molecular formula is C24H22NO2P. The standard InChI is InChI=1S/C24H22NO2P/c1-24(2)21(22(26)25-23(24)27)28(18-12-6-3-7-13-18,19-14-8-4-9-15-19)20-16-10-5-11-17-20/h3-17H,1-2H3,(H,25,26,27). The second kappa shape index (κ2) is 6.92. The van der Waals surface area contributed by atoms with Gasteiger partial charge in [-0.05, 0) is 36.6 Å². The van der Waals surface area contributed by atoms with Crippen LogP contribution < -0.4 is 21.2 Å². The molecule has 0 unspecified atom stereocenters. The molecule has 1 N–H and O–H groups in total. The Bertz CT molecular complexity index is 984.